The average molecular weight is 467 g/mol. The molecule has 0 radical (unpaired) electrons. The van der Waals surface area contributed by atoms with Crippen molar-refractivity contribution in [1.82, 2.24) is 20.1 Å². The number of pyridine rings is 1. The highest BCUT2D eigenvalue weighted by Gasteiger charge is 2.18. The number of para-hydroxylation sites is 1. The molecule has 0 saturated carbocycles. The number of rotatable bonds is 8. The molecule has 3 aromatic rings. The van der Waals surface area contributed by atoms with Crippen molar-refractivity contribution in [2.24, 2.45) is 0 Å². The first kappa shape index (κ1) is 23.1. The van der Waals surface area contributed by atoms with Crippen molar-refractivity contribution in [3.63, 3.8) is 0 Å². The number of aromatic nitrogens is 1. The molecule has 7 nitrogen and oxygen atoms in total. The van der Waals surface area contributed by atoms with Crippen LogP contribution in [0.5, 0.6) is 11.5 Å². The number of benzene rings is 2. The first-order valence-electron chi connectivity index (χ1n) is 11.1. The van der Waals surface area contributed by atoms with Gasteiger partial charge in [-0.15, -0.1) is 0 Å². The molecular weight excluding hydrogens is 436 g/mol. The molecular formula is C25H30N4O3S. The lowest BCUT2D eigenvalue weighted by Crippen LogP contribution is -2.40. The lowest BCUT2D eigenvalue weighted by atomic mass is 10.1. The number of aromatic amines is 1. The van der Waals surface area contributed by atoms with E-state index in [1.807, 2.05) is 54.3 Å². The van der Waals surface area contributed by atoms with Crippen LogP contribution in [-0.2, 0) is 13.1 Å². The summed E-state index contributed by atoms with van der Waals surface area (Å²) < 4.78 is 11.0. The topological polar surface area (TPSA) is 69.8 Å². The quantitative estimate of drug-likeness (QED) is 0.390. The maximum absolute atomic E-state index is 12.9. The highest BCUT2D eigenvalue weighted by atomic mass is 32.1. The summed E-state index contributed by atoms with van der Waals surface area (Å²) in [7, 11) is 4.11. The zero-order valence-corrected chi connectivity index (χ0v) is 20.1. The molecule has 8 heteroatoms. The van der Waals surface area contributed by atoms with Crippen LogP contribution < -0.4 is 20.3 Å². The molecule has 2 N–H and O–H groups in total. The monoisotopic (exact) mass is 466 g/mol. The zero-order valence-electron chi connectivity index (χ0n) is 19.3. The summed E-state index contributed by atoms with van der Waals surface area (Å²) in [5.41, 5.74) is 3.53. The van der Waals surface area contributed by atoms with Crippen LogP contribution in [0.1, 0.15) is 23.1 Å². The van der Waals surface area contributed by atoms with E-state index in [-0.39, 0.29) is 12.4 Å². The number of nitrogens with zero attached hydrogens (tertiary/aromatic N) is 2. The number of ether oxygens (including phenoxy) is 2. The highest BCUT2D eigenvalue weighted by Crippen LogP contribution is 2.33. The van der Waals surface area contributed by atoms with Gasteiger partial charge in [-0.25, -0.2) is 0 Å². The zero-order chi connectivity index (χ0) is 23.4. The van der Waals surface area contributed by atoms with Gasteiger partial charge in [-0.3, -0.25) is 4.79 Å². The van der Waals surface area contributed by atoms with Gasteiger partial charge in [-0.2, -0.15) is 0 Å². The maximum atomic E-state index is 12.9. The van der Waals surface area contributed by atoms with Crippen molar-refractivity contribution in [3.05, 3.63) is 69.5 Å². The molecule has 0 saturated heterocycles. The highest BCUT2D eigenvalue weighted by molar-refractivity contribution is 7.80. The second kappa shape index (κ2) is 10.2. The van der Waals surface area contributed by atoms with Gasteiger partial charge in [-0.1, -0.05) is 24.3 Å². The number of hydrogen-bond acceptors (Lipinski definition) is 5. The molecule has 0 unspecified atom stereocenters. The van der Waals surface area contributed by atoms with Gasteiger partial charge in [0.25, 0.3) is 5.56 Å². The predicted octanol–water partition coefficient (Wildman–Crippen LogP) is 3.39. The Kier molecular flexibility index (Phi) is 7.15. The standard InChI is InChI=1S/C25H30N4O3S/c1-17-6-4-7-19-13-20(24(30)27-23(17)19)15-29(25(33)26-10-5-11-28(2)3)14-18-8-9-21-22(12-18)32-16-31-21/h4,6-9,12-13H,5,10-11,14-16H2,1-3H3,(H,26,33)(H,27,30). The van der Waals surface area contributed by atoms with Crippen molar-refractivity contribution in [1.29, 1.82) is 0 Å². The third kappa shape index (κ3) is 5.64. The molecule has 0 spiro atoms. The molecule has 1 aliphatic rings. The predicted molar refractivity (Wildman–Crippen MR) is 135 cm³/mol. The Morgan fingerprint density at radius 1 is 1.12 bits per heavy atom. The fraction of sp³-hybridized carbons (Fsp3) is 0.360. The summed E-state index contributed by atoms with van der Waals surface area (Å²) in [5, 5.41) is 4.99. The molecule has 1 aliphatic heterocycles. The van der Waals surface area contributed by atoms with E-state index in [4.69, 9.17) is 21.7 Å². The fourth-order valence-electron chi connectivity index (χ4n) is 3.91. The molecule has 1 aromatic heterocycles. The molecule has 174 valence electrons. The molecule has 4 rings (SSSR count). The van der Waals surface area contributed by atoms with Gasteiger partial charge in [-0.05, 0) is 80.9 Å². The molecule has 2 heterocycles. The van der Waals surface area contributed by atoms with Gasteiger partial charge >= 0.3 is 0 Å². The molecule has 0 bridgehead atoms. The van der Waals surface area contributed by atoms with Gasteiger partial charge < -0.3 is 29.6 Å². The number of H-pyrrole nitrogens is 1. The number of nitrogens with one attached hydrogen (secondary N) is 2. The Morgan fingerprint density at radius 2 is 1.94 bits per heavy atom. The summed E-state index contributed by atoms with van der Waals surface area (Å²) in [5.74, 6) is 1.48. The van der Waals surface area contributed by atoms with Crippen molar-refractivity contribution in [2.75, 3.05) is 34.0 Å². The Balaban J connectivity index is 1.56. The van der Waals surface area contributed by atoms with Crippen LogP contribution in [0.4, 0.5) is 0 Å². The average Bonchev–Trinajstić information content (AvgIpc) is 3.25. The Bertz CT molecular complexity index is 1210. The number of aryl methyl sites for hydroxylation is 1. The van der Waals surface area contributed by atoms with Crippen LogP contribution in [0.15, 0.2) is 47.3 Å². The fourth-order valence-corrected chi connectivity index (χ4v) is 4.14. The summed E-state index contributed by atoms with van der Waals surface area (Å²) in [6.07, 6.45) is 0.973. The Hall–Kier alpha value is -3.10. The van der Waals surface area contributed by atoms with Crippen LogP contribution in [0.25, 0.3) is 10.9 Å². The van der Waals surface area contributed by atoms with Crippen LogP contribution in [0.2, 0.25) is 0 Å². The first-order chi connectivity index (χ1) is 15.9. The molecule has 0 amide bonds. The van der Waals surface area contributed by atoms with Crippen LogP contribution in [0.3, 0.4) is 0 Å². The second-order valence-corrected chi connectivity index (χ2v) is 8.98. The number of fused-ring (bicyclic) bond motifs is 2. The molecule has 0 atom stereocenters. The van der Waals surface area contributed by atoms with Crippen molar-refractivity contribution in [3.8, 4) is 11.5 Å². The Labute approximate surface area is 199 Å². The number of thiocarbonyl (C=S) groups is 1. The molecule has 0 aliphatic carbocycles. The van der Waals surface area contributed by atoms with Gasteiger partial charge in [0.1, 0.15) is 0 Å². The summed E-state index contributed by atoms with van der Waals surface area (Å²) in [6.45, 7) is 4.91. The van der Waals surface area contributed by atoms with E-state index in [2.05, 4.69) is 29.3 Å². The normalized spacial score (nSPS) is 12.4. The van der Waals surface area contributed by atoms with Gasteiger partial charge in [0, 0.05) is 18.7 Å². The minimum atomic E-state index is -0.0945. The SMILES string of the molecule is Cc1cccc2cc(CN(Cc3ccc4c(c3)OCO4)C(=S)NCCCN(C)C)c(=O)[nH]c12. The van der Waals surface area contributed by atoms with E-state index in [1.54, 1.807) is 0 Å². The van der Waals surface area contributed by atoms with E-state index >= 15 is 0 Å². The van der Waals surface area contributed by atoms with Gasteiger partial charge in [0.15, 0.2) is 16.6 Å². The third-order valence-corrected chi connectivity index (χ3v) is 6.08. The smallest absolute Gasteiger partial charge is 0.253 e. The summed E-state index contributed by atoms with van der Waals surface area (Å²) in [4.78, 5) is 20.1. The van der Waals surface area contributed by atoms with Crippen LogP contribution in [-0.4, -0.2) is 53.9 Å². The lowest BCUT2D eigenvalue weighted by molar-refractivity contribution is 0.174. The molecule has 2 aromatic carbocycles. The first-order valence-corrected chi connectivity index (χ1v) is 11.5. The maximum Gasteiger partial charge on any atom is 0.253 e. The van der Waals surface area contributed by atoms with E-state index in [0.717, 1.165) is 53.0 Å². The largest absolute Gasteiger partial charge is 0.454 e. The molecule has 33 heavy (non-hydrogen) atoms. The second-order valence-electron chi connectivity index (χ2n) is 8.60. The lowest BCUT2D eigenvalue weighted by Gasteiger charge is -2.26. The summed E-state index contributed by atoms with van der Waals surface area (Å²) in [6, 6.07) is 13.9. The van der Waals surface area contributed by atoms with Gasteiger partial charge in [0.2, 0.25) is 6.79 Å². The van der Waals surface area contributed by atoms with Crippen molar-refractivity contribution < 1.29 is 9.47 Å². The van der Waals surface area contributed by atoms with E-state index in [0.29, 0.717) is 23.8 Å². The number of hydrogen-bond donors (Lipinski definition) is 2. The van der Waals surface area contributed by atoms with E-state index in [1.165, 1.54) is 0 Å². The van der Waals surface area contributed by atoms with Crippen LogP contribution >= 0.6 is 12.2 Å². The van der Waals surface area contributed by atoms with Crippen LogP contribution in [0, 0.1) is 6.92 Å². The minimum absolute atomic E-state index is 0.0945. The van der Waals surface area contributed by atoms with Crippen molar-refractivity contribution in [2.45, 2.75) is 26.4 Å². The van der Waals surface area contributed by atoms with E-state index in [9.17, 15) is 4.79 Å². The van der Waals surface area contributed by atoms with Crippen molar-refractivity contribution >= 4 is 28.2 Å². The van der Waals surface area contributed by atoms with E-state index < -0.39 is 0 Å². The van der Waals surface area contributed by atoms with Gasteiger partial charge in [0.05, 0.1) is 12.1 Å². The summed E-state index contributed by atoms with van der Waals surface area (Å²) >= 11 is 5.75. The third-order valence-electron chi connectivity index (χ3n) is 5.68. The molecule has 0 fully saturated rings. The Morgan fingerprint density at radius 3 is 2.76 bits per heavy atom. The minimum Gasteiger partial charge on any atom is -0.454 e.